The van der Waals surface area contributed by atoms with Crippen molar-refractivity contribution in [2.24, 2.45) is 0 Å². The summed E-state index contributed by atoms with van der Waals surface area (Å²) in [5.41, 5.74) is 1.97. The first-order valence-electron chi connectivity index (χ1n) is 8.05. The summed E-state index contributed by atoms with van der Waals surface area (Å²) >= 11 is 0. The maximum atomic E-state index is 13.0. The predicted octanol–water partition coefficient (Wildman–Crippen LogP) is 3.00. The number of anilines is 1. The van der Waals surface area contributed by atoms with Crippen LogP contribution in [0.4, 0.5) is 5.69 Å². The number of benzene rings is 1. The van der Waals surface area contributed by atoms with E-state index in [0.717, 1.165) is 56.3 Å². The Morgan fingerprint density at radius 3 is 2.43 bits per heavy atom. The van der Waals surface area contributed by atoms with E-state index in [0.29, 0.717) is 18.0 Å². The van der Waals surface area contributed by atoms with E-state index >= 15 is 0 Å². The lowest BCUT2D eigenvalue weighted by molar-refractivity contribution is 0.364. The van der Waals surface area contributed by atoms with Gasteiger partial charge in [0.25, 0.3) is 0 Å². The zero-order chi connectivity index (χ0) is 14.7. The molecule has 0 unspecified atom stereocenters. The van der Waals surface area contributed by atoms with Crippen LogP contribution in [0.2, 0.25) is 0 Å². The van der Waals surface area contributed by atoms with Gasteiger partial charge in [-0.05, 0) is 43.4 Å². The second-order valence-corrected chi connectivity index (χ2v) is 7.89. The Morgan fingerprint density at radius 1 is 0.952 bits per heavy atom. The maximum Gasteiger partial charge on any atom is 0.243 e. The second kappa shape index (κ2) is 6.36. The van der Waals surface area contributed by atoms with Crippen LogP contribution in [-0.2, 0) is 16.4 Å². The Kier molecular flexibility index (Phi) is 4.50. The quantitative estimate of drug-likeness (QED) is 0.913. The lowest BCUT2D eigenvalue weighted by Gasteiger charge is -2.27. The molecule has 1 aromatic carbocycles. The highest BCUT2D eigenvalue weighted by atomic mass is 32.2. The molecule has 0 bridgehead atoms. The zero-order valence-electron chi connectivity index (χ0n) is 12.5. The van der Waals surface area contributed by atoms with Gasteiger partial charge in [-0.25, -0.2) is 8.42 Å². The van der Waals surface area contributed by atoms with E-state index < -0.39 is 10.0 Å². The van der Waals surface area contributed by atoms with Crippen molar-refractivity contribution in [3.8, 4) is 0 Å². The van der Waals surface area contributed by atoms with Gasteiger partial charge in [0.1, 0.15) is 0 Å². The van der Waals surface area contributed by atoms with E-state index in [1.807, 2.05) is 12.1 Å². The Bertz CT molecular complexity index is 590. The fourth-order valence-corrected chi connectivity index (χ4v) is 5.11. The van der Waals surface area contributed by atoms with E-state index in [1.54, 1.807) is 10.4 Å². The molecule has 1 fully saturated rings. The standard InChI is InChI=1S/C16H24N2O2S/c19-21(20,18-12-4-2-1-3-5-13-18)16-10-6-9-15-14(16)8-7-11-17-15/h6,9-10,17H,1-5,7-8,11-13H2. The molecule has 2 aliphatic rings. The van der Waals surface area contributed by atoms with Crippen molar-refractivity contribution < 1.29 is 8.42 Å². The third-order valence-electron chi connectivity index (χ3n) is 4.48. The number of sulfonamides is 1. The molecule has 0 amide bonds. The van der Waals surface area contributed by atoms with E-state index in [4.69, 9.17) is 0 Å². The number of hydrogen-bond acceptors (Lipinski definition) is 3. The van der Waals surface area contributed by atoms with Gasteiger partial charge in [0.05, 0.1) is 4.90 Å². The topological polar surface area (TPSA) is 49.4 Å². The molecule has 116 valence electrons. The van der Waals surface area contributed by atoms with Crippen LogP contribution in [0.15, 0.2) is 23.1 Å². The Morgan fingerprint density at radius 2 is 1.67 bits per heavy atom. The average Bonchev–Trinajstić information content (AvgIpc) is 2.46. The normalized spacial score (nSPS) is 21.0. The minimum Gasteiger partial charge on any atom is -0.385 e. The number of hydrogen-bond donors (Lipinski definition) is 1. The Labute approximate surface area is 127 Å². The molecule has 2 aliphatic heterocycles. The molecule has 0 radical (unpaired) electrons. The lowest BCUT2D eigenvalue weighted by atomic mass is 10.0. The van der Waals surface area contributed by atoms with Crippen molar-refractivity contribution in [3.05, 3.63) is 23.8 Å². The van der Waals surface area contributed by atoms with Crippen molar-refractivity contribution in [2.75, 3.05) is 25.0 Å². The molecular formula is C16H24N2O2S. The summed E-state index contributed by atoms with van der Waals surface area (Å²) in [6.07, 6.45) is 7.32. The van der Waals surface area contributed by atoms with Crippen molar-refractivity contribution in [3.63, 3.8) is 0 Å². The molecule has 3 rings (SSSR count). The summed E-state index contributed by atoms with van der Waals surface area (Å²) in [4.78, 5) is 0.521. The van der Waals surface area contributed by atoms with Crippen molar-refractivity contribution in [1.82, 2.24) is 4.31 Å². The fourth-order valence-electron chi connectivity index (χ4n) is 3.32. The molecule has 4 nitrogen and oxygen atoms in total. The Hall–Kier alpha value is -1.07. The SMILES string of the molecule is O=S(=O)(c1cccc2c1CCCN2)N1CCCCCCC1. The summed E-state index contributed by atoms with van der Waals surface area (Å²) in [6.45, 7) is 2.26. The van der Waals surface area contributed by atoms with Gasteiger partial charge >= 0.3 is 0 Å². The van der Waals surface area contributed by atoms with Crippen LogP contribution < -0.4 is 5.32 Å². The van der Waals surface area contributed by atoms with Gasteiger partial charge < -0.3 is 5.32 Å². The lowest BCUT2D eigenvalue weighted by Crippen LogP contribution is -2.34. The smallest absolute Gasteiger partial charge is 0.243 e. The fraction of sp³-hybridized carbons (Fsp3) is 0.625. The van der Waals surface area contributed by atoms with Crippen LogP contribution in [0.3, 0.4) is 0 Å². The number of nitrogens with one attached hydrogen (secondary N) is 1. The van der Waals surface area contributed by atoms with Gasteiger partial charge in [0.15, 0.2) is 0 Å². The summed E-state index contributed by atoms with van der Waals surface area (Å²) < 4.78 is 27.7. The van der Waals surface area contributed by atoms with Gasteiger partial charge in [0, 0.05) is 25.3 Å². The number of rotatable bonds is 2. The molecule has 1 aromatic rings. The first-order chi connectivity index (χ1) is 10.2. The molecule has 0 atom stereocenters. The first kappa shape index (κ1) is 14.9. The molecule has 5 heteroatoms. The largest absolute Gasteiger partial charge is 0.385 e. The van der Waals surface area contributed by atoms with Crippen molar-refractivity contribution >= 4 is 15.7 Å². The van der Waals surface area contributed by atoms with Crippen LogP contribution in [-0.4, -0.2) is 32.4 Å². The minimum absolute atomic E-state index is 0.521. The summed E-state index contributed by atoms with van der Waals surface area (Å²) in [7, 11) is -3.35. The van der Waals surface area contributed by atoms with Crippen LogP contribution in [0, 0.1) is 0 Å². The molecule has 0 aliphatic carbocycles. The van der Waals surface area contributed by atoms with Gasteiger partial charge in [0.2, 0.25) is 10.0 Å². The molecule has 0 spiro atoms. The van der Waals surface area contributed by atoms with Crippen LogP contribution in [0.5, 0.6) is 0 Å². The molecular weight excluding hydrogens is 284 g/mol. The van der Waals surface area contributed by atoms with Gasteiger partial charge in [-0.3, -0.25) is 0 Å². The maximum absolute atomic E-state index is 13.0. The molecule has 1 N–H and O–H groups in total. The minimum atomic E-state index is -3.35. The van der Waals surface area contributed by atoms with E-state index in [2.05, 4.69) is 5.32 Å². The zero-order valence-corrected chi connectivity index (χ0v) is 13.3. The summed E-state index contributed by atoms with van der Waals surface area (Å²) in [5.74, 6) is 0. The van der Waals surface area contributed by atoms with E-state index in [1.165, 1.54) is 6.42 Å². The highest BCUT2D eigenvalue weighted by Gasteiger charge is 2.28. The summed E-state index contributed by atoms with van der Waals surface area (Å²) in [6, 6.07) is 5.62. The molecule has 21 heavy (non-hydrogen) atoms. The molecule has 1 saturated heterocycles. The highest BCUT2D eigenvalue weighted by molar-refractivity contribution is 7.89. The highest BCUT2D eigenvalue weighted by Crippen LogP contribution is 2.31. The van der Waals surface area contributed by atoms with Gasteiger partial charge in [-0.1, -0.05) is 25.3 Å². The van der Waals surface area contributed by atoms with Crippen LogP contribution in [0.1, 0.15) is 44.1 Å². The Balaban J connectivity index is 1.94. The van der Waals surface area contributed by atoms with Gasteiger partial charge in [-0.2, -0.15) is 4.31 Å². The number of nitrogens with zero attached hydrogens (tertiary/aromatic N) is 1. The molecule has 0 saturated carbocycles. The first-order valence-corrected chi connectivity index (χ1v) is 9.49. The monoisotopic (exact) mass is 308 g/mol. The van der Waals surface area contributed by atoms with E-state index in [9.17, 15) is 8.42 Å². The van der Waals surface area contributed by atoms with Crippen molar-refractivity contribution in [2.45, 2.75) is 49.8 Å². The van der Waals surface area contributed by atoms with Gasteiger partial charge in [-0.15, -0.1) is 0 Å². The average molecular weight is 308 g/mol. The van der Waals surface area contributed by atoms with Crippen LogP contribution in [0.25, 0.3) is 0 Å². The second-order valence-electron chi connectivity index (χ2n) is 5.98. The summed E-state index contributed by atoms with van der Waals surface area (Å²) in [5, 5.41) is 3.32. The van der Waals surface area contributed by atoms with Crippen molar-refractivity contribution in [1.29, 1.82) is 0 Å². The predicted molar refractivity (Wildman–Crippen MR) is 85.1 cm³/mol. The third-order valence-corrected chi connectivity index (χ3v) is 6.47. The van der Waals surface area contributed by atoms with E-state index in [-0.39, 0.29) is 0 Å². The molecule has 0 aromatic heterocycles. The molecule has 2 heterocycles. The van der Waals surface area contributed by atoms with Crippen LogP contribution >= 0.6 is 0 Å². The number of fused-ring (bicyclic) bond motifs is 1. The third kappa shape index (κ3) is 3.09.